The van der Waals surface area contributed by atoms with Crippen molar-refractivity contribution in [2.24, 2.45) is 11.7 Å². The summed E-state index contributed by atoms with van der Waals surface area (Å²) in [5.74, 6) is 0.807. The van der Waals surface area contributed by atoms with Crippen molar-refractivity contribution in [3.8, 4) is 0 Å². The molecule has 0 saturated heterocycles. The lowest BCUT2D eigenvalue weighted by molar-refractivity contribution is 0.171. The molecule has 18 heavy (non-hydrogen) atoms. The maximum atomic E-state index is 6.30. The highest BCUT2D eigenvalue weighted by Gasteiger charge is 2.33. The highest BCUT2D eigenvalue weighted by Crippen LogP contribution is 2.39. The van der Waals surface area contributed by atoms with Gasteiger partial charge < -0.3 is 5.73 Å². The molecule has 1 aromatic carbocycles. The van der Waals surface area contributed by atoms with Gasteiger partial charge in [-0.2, -0.15) is 0 Å². The van der Waals surface area contributed by atoms with E-state index in [1.165, 1.54) is 12.8 Å². The van der Waals surface area contributed by atoms with Crippen LogP contribution in [0, 0.1) is 5.92 Å². The van der Waals surface area contributed by atoms with Crippen molar-refractivity contribution >= 4 is 23.2 Å². The SMILES string of the molecule is CC(C1CC1)N(C)C(CN)c1cccc(Cl)c1Cl. The van der Waals surface area contributed by atoms with Crippen LogP contribution in [0.25, 0.3) is 0 Å². The Labute approximate surface area is 119 Å². The average molecular weight is 287 g/mol. The van der Waals surface area contributed by atoms with Crippen molar-refractivity contribution in [3.05, 3.63) is 33.8 Å². The van der Waals surface area contributed by atoms with E-state index in [0.717, 1.165) is 11.5 Å². The zero-order chi connectivity index (χ0) is 13.3. The maximum absolute atomic E-state index is 6.30. The molecule has 1 fully saturated rings. The summed E-state index contributed by atoms with van der Waals surface area (Å²) in [6.07, 6.45) is 2.65. The standard InChI is InChI=1S/C14H20Cl2N2/c1-9(10-6-7-10)18(2)13(8-17)11-4-3-5-12(15)14(11)16/h3-5,9-10,13H,6-8,17H2,1-2H3. The molecular weight excluding hydrogens is 267 g/mol. The third kappa shape index (κ3) is 2.83. The van der Waals surface area contributed by atoms with Crippen LogP contribution in [0.1, 0.15) is 31.4 Å². The molecule has 0 heterocycles. The zero-order valence-corrected chi connectivity index (χ0v) is 12.4. The summed E-state index contributed by atoms with van der Waals surface area (Å²) in [7, 11) is 2.12. The van der Waals surface area contributed by atoms with Gasteiger partial charge in [0.15, 0.2) is 0 Å². The molecular formula is C14H20Cl2N2. The van der Waals surface area contributed by atoms with E-state index in [4.69, 9.17) is 28.9 Å². The second kappa shape index (κ2) is 5.79. The number of halogens is 2. The summed E-state index contributed by atoms with van der Waals surface area (Å²) >= 11 is 12.4. The van der Waals surface area contributed by atoms with Crippen LogP contribution in [-0.2, 0) is 0 Å². The molecule has 100 valence electrons. The summed E-state index contributed by atoms with van der Waals surface area (Å²) in [5.41, 5.74) is 6.97. The van der Waals surface area contributed by atoms with Gasteiger partial charge in [-0.05, 0) is 44.4 Å². The predicted octanol–water partition coefficient (Wildman–Crippen LogP) is 3.72. The van der Waals surface area contributed by atoms with E-state index in [9.17, 15) is 0 Å². The molecule has 0 radical (unpaired) electrons. The van der Waals surface area contributed by atoms with Gasteiger partial charge in [0.25, 0.3) is 0 Å². The fraction of sp³-hybridized carbons (Fsp3) is 0.571. The minimum atomic E-state index is 0.131. The molecule has 2 unspecified atom stereocenters. The molecule has 0 spiro atoms. The molecule has 1 aliphatic carbocycles. The van der Waals surface area contributed by atoms with Crippen LogP contribution in [0.4, 0.5) is 0 Å². The summed E-state index contributed by atoms with van der Waals surface area (Å²) in [6.45, 7) is 2.81. The van der Waals surface area contributed by atoms with Crippen LogP contribution < -0.4 is 5.73 Å². The molecule has 0 aromatic heterocycles. The van der Waals surface area contributed by atoms with E-state index in [1.807, 2.05) is 18.2 Å². The fourth-order valence-electron chi connectivity index (χ4n) is 2.49. The second-order valence-corrected chi connectivity index (χ2v) is 5.92. The highest BCUT2D eigenvalue weighted by atomic mass is 35.5. The van der Waals surface area contributed by atoms with Crippen LogP contribution in [0.2, 0.25) is 10.0 Å². The third-order valence-electron chi connectivity index (χ3n) is 4.00. The molecule has 0 aliphatic heterocycles. The minimum Gasteiger partial charge on any atom is -0.329 e. The predicted molar refractivity (Wildman–Crippen MR) is 78.2 cm³/mol. The molecule has 2 atom stereocenters. The van der Waals surface area contributed by atoms with Gasteiger partial charge in [0.2, 0.25) is 0 Å². The van der Waals surface area contributed by atoms with Crippen LogP contribution in [0.15, 0.2) is 18.2 Å². The van der Waals surface area contributed by atoms with E-state index < -0.39 is 0 Å². The molecule has 1 saturated carbocycles. The van der Waals surface area contributed by atoms with Gasteiger partial charge in [-0.25, -0.2) is 0 Å². The first kappa shape index (κ1) is 14.1. The molecule has 2 rings (SSSR count). The lowest BCUT2D eigenvalue weighted by Crippen LogP contribution is -2.38. The number of hydrogen-bond acceptors (Lipinski definition) is 2. The Morgan fingerprint density at radius 1 is 1.39 bits per heavy atom. The normalized spacial score (nSPS) is 19.0. The molecule has 0 bridgehead atoms. The van der Waals surface area contributed by atoms with Crippen molar-refractivity contribution in [1.29, 1.82) is 0 Å². The molecule has 2 N–H and O–H groups in total. The molecule has 2 nitrogen and oxygen atoms in total. The first-order valence-corrected chi connectivity index (χ1v) is 7.17. The molecule has 1 aromatic rings. The van der Waals surface area contributed by atoms with Crippen LogP contribution in [-0.4, -0.2) is 24.5 Å². The van der Waals surface area contributed by atoms with Gasteiger partial charge in [-0.1, -0.05) is 35.3 Å². The fourth-order valence-corrected chi connectivity index (χ4v) is 2.92. The largest absolute Gasteiger partial charge is 0.329 e. The van der Waals surface area contributed by atoms with Gasteiger partial charge in [0.05, 0.1) is 10.0 Å². The first-order chi connectivity index (χ1) is 8.56. The monoisotopic (exact) mass is 286 g/mol. The van der Waals surface area contributed by atoms with Gasteiger partial charge in [-0.15, -0.1) is 0 Å². The van der Waals surface area contributed by atoms with E-state index in [-0.39, 0.29) is 6.04 Å². The van der Waals surface area contributed by atoms with Crippen molar-refractivity contribution < 1.29 is 0 Å². The van der Waals surface area contributed by atoms with Crippen LogP contribution in [0.5, 0.6) is 0 Å². The van der Waals surface area contributed by atoms with Gasteiger partial charge in [-0.3, -0.25) is 4.90 Å². The summed E-state index contributed by atoms with van der Waals surface area (Å²) in [6, 6.07) is 6.43. The van der Waals surface area contributed by atoms with Crippen molar-refractivity contribution in [1.82, 2.24) is 4.90 Å². The van der Waals surface area contributed by atoms with Crippen molar-refractivity contribution in [2.45, 2.75) is 31.8 Å². The zero-order valence-electron chi connectivity index (χ0n) is 10.9. The second-order valence-electron chi connectivity index (χ2n) is 5.14. The first-order valence-electron chi connectivity index (χ1n) is 6.42. The van der Waals surface area contributed by atoms with E-state index in [2.05, 4.69) is 18.9 Å². The number of nitrogens with two attached hydrogens (primary N) is 1. The van der Waals surface area contributed by atoms with E-state index in [1.54, 1.807) is 0 Å². The number of rotatable bonds is 5. The van der Waals surface area contributed by atoms with Gasteiger partial charge >= 0.3 is 0 Å². The summed E-state index contributed by atoms with van der Waals surface area (Å²) < 4.78 is 0. The Balaban J connectivity index is 2.23. The summed E-state index contributed by atoms with van der Waals surface area (Å²) in [4.78, 5) is 2.33. The smallest absolute Gasteiger partial charge is 0.0640 e. The van der Waals surface area contributed by atoms with Gasteiger partial charge in [0.1, 0.15) is 0 Å². The lowest BCUT2D eigenvalue weighted by Gasteiger charge is -2.33. The highest BCUT2D eigenvalue weighted by molar-refractivity contribution is 6.42. The number of benzene rings is 1. The Morgan fingerprint density at radius 2 is 2.06 bits per heavy atom. The molecule has 4 heteroatoms. The quantitative estimate of drug-likeness (QED) is 0.894. The Hall–Kier alpha value is -0.280. The lowest BCUT2D eigenvalue weighted by atomic mass is 10.0. The van der Waals surface area contributed by atoms with Crippen molar-refractivity contribution in [3.63, 3.8) is 0 Å². The van der Waals surface area contributed by atoms with Crippen LogP contribution >= 0.6 is 23.2 Å². The summed E-state index contributed by atoms with van der Waals surface area (Å²) in [5, 5.41) is 1.23. The Bertz CT molecular complexity index is 418. The Morgan fingerprint density at radius 3 is 2.61 bits per heavy atom. The van der Waals surface area contributed by atoms with Gasteiger partial charge in [0, 0.05) is 18.6 Å². The number of likely N-dealkylation sites (N-methyl/N-ethyl adjacent to an activating group) is 1. The minimum absolute atomic E-state index is 0.131. The van der Waals surface area contributed by atoms with Crippen molar-refractivity contribution in [2.75, 3.05) is 13.6 Å². The molecule has 0 amide bonds. The topological polar surface area (TPSA) is 29.3 Å². The number of hydrogen-bond donors (Lipinski definition) is 1. The Kier molecular flexibility index (Phi) is 4.54. The van der Waals surface area contributed by atoms with Crippen LogP contribution in [0.3, 0.4) is 0 Å². The van der Waals surface area contributed by atoms with E-state index >= 15 is 0 Å². The maximum Gasteiger partial charge on any atom is 0.0640 e. The molecule has 1 aliphatic rings. The van der Waals surface area contributed by atoms with E-state index in [0.29, 0.717) is 22.6 Å². The third-order valence-corrected chi connectivity index (χ3v) is 4.84. The number of nitrogens with zero attached hydrogens (tertiary/aromatic N) is 1. The average Bonchev–Trinajstić information content (AvgIpc) is 3.18.